The molecule has 0 aromatic heterocycles. The Morgan fingerprint density at radius 3 is 2.69 bits per heavy atom. The van der Waals surface area contributed by atoms with Gasteiger partial charge in [-0.25, -0.2) is 17.5 Å². The normalized spacial score (nSPS) is 18.3. The first-order chi connectivity index (χ1) is 13.5. The minimum atomic E-state index is -3.67. The summed E-state index contributed by atoms with van der Waals surface area (Å²) in [5.41, 5.74) is 5.12. The van der Waals surface area contributed by atoms with Crippen molar-refractivity contribution in [1.29, 1.82) is 0 Å². The summed E-state index contributed by atoms with van der Waals surface area (Å²) < 4.78 is 40.9. The fourth-order valence-corrected chi connectivity index (χ4v) is 5.94. The Balaban J connectivity index is 0.00000240. The lowest BCUT2D eigenvalue weighted by molar-refractivity contribution is 0.182. The topological polar surface area (TPSA) is 49.4 Å². The molecule has 0 saturated carbocycles. The second-order valence-electron chi connectivity index (χ2n) is 7.85. The fourth-order valence-electron chi connectivity index (χ4n) is 4.61. The third-order valence-electron chi connectivity index (χ3n) is 6.02. The fraction of sp³-hybridized carbons (Fsp3) is 0.455. The van der Waals surface area contributed by atoms with Gasteiger partial charge >= 0.3 is 0 Å². The first-order valence-corrected chi connectivity index (χ1v) is 11.5. The summed E-state index contributed by atoms with van der Waals surface area (Å²) in [6.07, 6.45) is 5.17. The second-order valence-corrected chi connectivity index (χ2v) is 9.58. The van der Waals surface area contributed by atoms with Crippen LogP contribution in [0.2, 0.25) is 0 Å². The summed E-state index contributed by atoms with van der Waals surface area (Å²) in [5, 5.41) is 0. The van der Waals surface area contributed by atoms with E-state index < -0.39 is 15.8 Å². The van der Waals surface area contributed by atoms with E-state index in [9.17, 15) is 12.8 Å². The number of halogens is 2. The molecule has 1 aliphatic carbocycles. The van der Waals surface area contributed by atoms with Gasteiger partial charge in [0.1, 0.15) is 5.82 Å². The van der Waals surface area contributed by atoms with Crippen molar-refractivity contribution >= 4 is 22.4 Å². The first-order valence-electron chi connectivity index (χ1n) is 10.1. The molecule has 2 aromatic carbocycles. The van der Waals surface area contributed by atoms with E-state index in [1.165, 1.54) is 29.7 Å². The van der Waals surface area contributed by atoms with Gasteiger partial charge in [0.05, 0.1) is 4.90 Å². The van der Waals surface area contributed by atoms with Crippen LogP contribution in [0.4, 0.5) is 4.39 Å². The summed E-state index contributed by atoms with van der Waals surface area (Å²) >= 11 is 0. The Morgan fingerprint density at radius 1 is 1.14 bits per heavy atom. The van der Waals surface area contributed by atoms with Crippen molar-refractivity contribution in [3.8, 4) is 0 Å². The van der Waals surface area contributed by atoms with Crippen molar-refractivity contribution in [2.75, 3.05) is 19.6 Å². The van der Waals surface area contributed by atoms with Crippen LogP contribution in [0.1, 0.15) is 47.6 Å². The number of benzene rings is 2. The zero-order valence-electron chi connectivity index (χ0n) is 16.7. The molecule has 2 aliphatic rings. The van der Waals surface area contributed by atoms with E-state index in [1.54, 1.807) is 12.5 Å². The molecule has 1 unspecified atom stereocenters. The molecule has 0 radical (unpaired) electrons. The molecule has 1 aliphatic heterocycles. The van der Waals surface area contributed by atoms with Crippen molar-refractivity contribution in [1.82, 2.24) is 9.62 Å². The Morgan fingerprint density at radius 2 is 1.90 bits per heavy atom. The predicted molar refractivity (Wildman–Crippen MR) is 116 cm³/mol. The van der Waals surface area contributed by atoms with Gasteiger partial charge in [-0.3, -0.25) is 4.90 Å². The highest BCUT2D eigenvalue weighted by atomic mass is 35.5. The van der Waals surface area contributed by atoms with E-state index in [1.807, 2.05) is 0 Å². The minimum Gasteiger partial charge on any atom is -0.296 e. The van der Waals surface area contributed by atoms with Gasteiger partial charge in [0.25, 0.3) is 0 Å². The number of nitrogens with one attached hydrogen (secondary N) is 1. The average Bonchev–Trinajstić information content (AvgIpc) is 3.11. The molecule has 1 N–H and O–H groups in total. The van der Waals surface area contributed by atoms with Crippen LogP contribution in [0.3, 0.4) is 0 Å². The molecule has 2 aromatic rings. The van der Waals surface area contributed by atoms with E-state index in [4.69, 9.17) is 0 Å². The summed E-state index contributed by atoms with van der Waals surface area (Å²) in [5.74, 6) is -0.535. The third-order valence-corrected chi connectivity index (χ3v) is 7.62. The number of hydrogen-bond donors (Lipinski definition) is 1. The molecule has 1 atom stereocenters. The van der Waals surface area contributed by atoms with E-state index in [0.717, 1.165) is 44.8 Å². The van der Waals surface area contributed by atoms with Crippen LogP contribution in [-0.2, 0) is 22.9 Å². The van der Waals surface area contributed by atoms with E-state index in [0.29, 0.717) is 18.2 Å². The van der Waals surface area contributed by atoms with Gasteiger partial charge in [-0.1, -0.05) is 24.3 Å². The molecule has 0 saturated heterocycles. The maximum atomic E-state index is 13.4. The summed E-state index contributed by atoms with van der Waals surface area (Å²) in [4.78, 5) is 2.59. The summed E-state index contributed by atoms with van der Waals surface area (Å²) in [6.45, 7) is 4.12. The summed E-state index contributed by atoms with van der Waals surface area (Å²) in [7, 11) is -3.67. The Labute approximate surface area is 179 Å². The lowest BCUT2D eigenvalue weighted by Crippen LogP contribution is -2.35. The van der Waals surface area contributed by atoms with Crippen molar-refractivity contribution < 1.29 is 12.8 Å². The van der Waals surface area contributed by atoms with Crippen molar-refractivity contribution in [3.05, 3.63) is 64.5 Å². The van der Waals surface area contributed by atoms with Gasteiger partial charge < -0.3 is 0 Å². The smallest absolute Gasteiger partial charge is 0.240 e. The molecular formula is C22H28ClFN2O2S. The molecule has 0 bridgehead atoms. The van der Waals surface area contributed by atoms with E-state index in [2.05, 4.69) is 27.8 Å². The largest absolute Gasteiger partial charge is 0.296 e. The molecular weight excluding hydrogens is 411 g/mol. The molecule has 4 nitrogen and oxygen atoms in total. The van der Waals surface area contributed by atoms with Gasteiger partial charge in [0.2, 0.25) is 10.0 Å². The maximum Gasteiger partial charge on any atom is 0.240 e. The highest BCUT2D eigenvalue weighted by molar-refractivity contribution is 7.89. The van der Waals surface area contributed by atoms with Gasteiger partial charge in [-0.15, -0.1) is 12.4 Å². The second kappa shape index (κ2) is 9.13. The number of nitrogens with zero attached hydrogens (tertiary/aromatic N) is 1. The standard InChI is InChI=1S/C22H27FN2O2S.ClH/c1-16-7-9-19(23)15-21(16)28(26,27)24-12-2-3-13-25-14-11-18-6-4-5-17-8-10-20(25)22(17)18;/h4-7,9,15,20,24H,2-3,8,10-14H2,1H3;1H. The van der Waals surface area contributed by atoms with Crippen molar-refractivity contribution in [2.24, 2.45) is 0 Å². The SMILES string of the molecule is Cc1ccc(F)cc1S(=O)(=O)NCCCCN1CCc2cccc3c2C1CC3.Cl. The Hall–Kier alpha value is -1.47. The maximum absolute atomic E-state index is 13.4. The molecule has 0 amide bonds. The zero-order valence-corrected chi connectivity index (χ0v) is 18.3. The zero-order chi connectivity index (χ0) is 19.7. The number of rotatable bonds is 7. The van der Waals surface area contributed by atoms with Crippen molar-refractivity contribution in [3.63, 3.8) is 0 Å². The third kappa shape index (κ3) is 4.66. The van der Waals surface area contributed by atoms with Crippen molar-refractivity contribution in [2.45, 2.75) is 50.0 Å². The first kappa shape index (κ1) is 22.2. The number of aryl methyl sites for hydroxylation is 2. The number of sulfonamides is 1. The van der Waals surface area contributed by atoms with Crippen LogP contribution in [-0.4, -0.2) is 33.0 Å². The Kier molecular flexibility index (Phi) is 6.99. The molecule has 1 heterocycles. The predicted octanol–water partition coefficient (Wildman–Crippen LogP) is 4.16. The Bertz CT molecular complexity index is 981. The molecule has 0 spiro atoms. The van der Waals surface area contributed by atoms with Gasteiger partial charge in [-0.05, 0) is 80.0 Å². The summed E-state index contributed by atoms with van der Waals surface area (Å²) in [6, 6.07) is 11.1. The average molecular weight is 439 g/mol. The van der Waals surface area contributed by atoms with Crippen LogP contribution in [0.15, 0.2) is 41.3 Å². The van der Waals surface area contributed by atoms with Gasteiger partial charge in [0.15, 0.2) is 0 Å². The van der Waals surface area contributed by atoms with Crippen LogP contribution in [0.25, 0.3) is 0 Å². The number of unbranched alkanes of at least 4 members (excludes halogenated alkanes) is 1. The lowest BCUT2D eigenvalue weighted by Gasteiger charge is -2.35. The molecule has 7 heteroatoms. The molecule has 29 heavy (non-hydrogen) atoms. The monoisotopic (exact) mass is 438 g/mol. The lowest BCUT2D eigenvalue weighted by atomic mass is 9.93. The van der Waals surface area contributed by atoms with Crippen LogP contribution < -0.4 is 4.72 Å². The molecule has 158 valence electrons. The van der Waals surface area contributed by atoms with Crippen LogP contribution >= 0.6 is 12.4 Å². The van der Waals surface area contributed by atoms with E-state index in [-0.39, 0.29) is 17.3 Å². The van der Waals surface area contributed by atoms with Crippen LogP contribution in [0.5, 0.6) is 0 Å². The number of hydrogen-bond acceptors (Lipinski definition) is 3. The quantitative estimate of drug-likeness (QED) is 0.660. The minimum absolute atomic E-state index is 0. The molecule has 0 fully saturated rings. The van der Waals surface area contributed by atoms with Gasteiger partial charge in [0, 0.05) is 19.1 Å². The highest BCUT2D eigenvalue weighted by Gasteiger charge is 2.32. The van der Waals surface area contributed by atoms with Crippen LogP contribution in [0, 0.1) is 12.7 Å². The highest BCUT2D eigenvalue weighted by Crippen LogP contribution is 2.41. The van der Waals surface area contributed by atoms with Gasteiger partial charge in [-0.2, -0.15) is 0 Å². The molecule has 4 rings (SSSR count). The van der Waals surface area contributed by atoms with E-state index >= 15 is 0 Å².